The molecule has 2 aliphatic carbocycles. The molecule has 5 atom stereocenters. The summed E-state index contributed by atoms with van der Waals surface area (Å²) in [4.78, 5) is 48.4. The molecule has 6 rings (SSSR count). The van der Waals surface area contributed by atoms with Crippen LogP contribution in [0.15, 0.2) is 61.3 Å². The van der Waals surface area contributed by atoms with Crippen molar-refractivity contribution in [1.82, 2.24) is 19.9 Å². The number of hydrogen-bond acceptors (Lipinski definition) is 10. The number of methoxy groups -OCH3 is 1. The van der Waals surface area contributed by atoms with Gasteiger partial charge in [0.1, 0.15) is 29.5 Å². The number of likely N-dealkylation sites (tertiary alicyclic amines) is 1. The Hall–Kier alpha value is -4.87. The van der Waals surface area contributed by atoms with Crippen LogP contribution >= 0.6 is 11.6 Å². The van der Waals surface area contributed by atoms with E-state index in [1.807, 2.05) is 0 Å². The average molecular weight is 750 g/mol. The first-order chi connectivity index (χ1) is 25.2. The fraction of sp³-hybridized carbons (Fsp3) is 0.432. The maximum Gasteiger partial charge on any atom is 0.259 e. The van der Waals surface area contributed by atoms with E-state index in [0.29, 0.717) is 45.6 Å². The van der Waals surface area contributed by atoms with Crippen LogP contribution in [0, 0.1) is 22.7 Å². The molecule has 274 valence electrons. The molecule has 2 saturated carbocycles. The first-order valence-corrected chi connectivity index (χ1v) is 18.7. The molecule has 1 saturated heterocycles. The molecule has 3 aromatic rings. The summed E-state index contributed by atoms with van der Waals surface area (Å²) in [5.41, 5.74) is -1.70. The molecule has 3 aliphatic rings. The van der Waals surface area contributed by atoms with Crippen molar-refractivity contribution in [2.45, 2.75) is 75.4 Å². The van der Waals surface area contributed by atoms with Crippen molar-refractivity contribution in [3.63, 3.8) is 0 Å². The monoisotopic (exact) mass is 749 g/mol. The van der Waals surface area contributed by atoms with E-state index in [4.69, 9.17) is 22.4 Å². The van der Waals surface area contributed by atoms with Gasteiger partial charge in [-0.15, -0.1) is 6.58 Å². The van der Waals surface area contributed by atoms with E-state index in [2.05, 4.69) is 33.0 Å². The summed E-state index contributed by atoms with van der Waals surface area (Å²) in [5, 5.41) is 16.5. The molecule has 1 aromatic heterocycles. The second kappa shape index (κ2) is 13.9. The number of amides is 3. The summed E-state index contributed by atoms with van der Waals surface area (Å²) in [6.07, 6.45) is 3.23. The van der Waals surface area contributed by atoms with Gasteiger partial charge in [-0.2, -0.15) is 5.26 Å². The van der Waals surface area contributed by atoms with Gasteiger partial charge in [0.2, 0.25) is 27.7 Å². The van der Waals surface area contributed by atoms with Gasteiger partial charge in [-0.1, -0.05) is 44.5 Å². The molecule has 3 amide bonds. The third-order valence-electron chi connectivity index (χ3n) is 9.70. The number of sulfonamides is 1. The van der Waals surface area contributed by atoms with Gasteiger partial charge in [0.25, 0.3) is 5.91 Å². The molecule has 13 nitrogen and oxygen atoms in total. The highest BCUT2D eigenvalue weighted by atomic mass is 35.5. The normalized spacial score (nSPS) is 23.5. The summed E-state index contributed by atoms with van der Waals surface area (Å²) in [5.74, 6) is -1.91. The highest BCUT2D eigenvalue weighted by molar-refractivity contribution is 7.91. The van der Waals surface area contributed by atoms with Gasteiger partial charge in [0.05, 0.1) is 36.7 Å². The van der Waals surface area contributed by atoms with E-state index in [1.54, 1.807) is 56.3 Å². The fourth-order valence-corrected chi connectivity index (χ4v) is 8.11. The number of rotatable bonds is 12. The van der Waals surface area contributed by atoms with Crippen molar-refractivity contribution in [3.05, 3.63) is 71.9 Å². The molecular formula is C37H41ClN6O7S. The van der Waals surface area contributed by atoms with E-state index in [-0.39, 0.29) is 32.2 Å². The third kappa shape index (κ3) is 7.38. The number of nitrogens with one attached hydrogen (secondary N) is 3. The number of anilines is 1. The predicted molar refractivity (Wildman–Crippen MR) is 195 cm³/mol. The van der Waals surface area contributed by atoms with Crippen LogP contribution in [0.4, 0.5) is 5.69 Å². The summed E-state index contributed by atoms with van der Waals surface area (Å²) in [6, 6.07) is 11.6. The first kappa shape index (κ1) is 35.5. The standard InChI is InChI=1S/C37H41ClN6O7S/c1-6-22-17-37(22,35(47)43-52(48,49)26-11-12-26)42-32(45)29-16-25(51-33-28-15-23(38)10-13-27(28)30(50-5)19-40-33)20-44(29)34(46)31(36(2,3)4)41-24-9-7-8-21(14-24)18-39/h6-10,13-15,19,22,25-26,29,31,41H,1,11-12,16-17,20H2,2-5H3,(H,42,45)(H,43,47)/t22-,25-,29+,31-,37-/m1/s1/i2D. The SMILES string of the molecule is [2H]CC(C)(C)[C@H](Nc1cccc(C#N)c1)C(=O)N1C[C@H](Oc2ncc(OC)c3ccc(Cl)cc23)C[C@H]1C(=O)N[C@]1(C(=O)NS(=O)(=O)C2CC2)C[C@H]1C=C. The minimum absolute atomic E-state index is 0.0118. The largest absolute Gasteiger partial charge is 0.494 e. The molecule has 1 aliphatic heterocycles. The highest BCUT2D eigenvalue weighted by Gasteiger charge is 2.62. The van der Waals surface area contributed by atoms with Gasteiger partial charge < -0.3 is 25.0 Å². The zero-order chi connectivity index (χ0) is 38.3. The van der Waals surface area contributed by atoms with Crippen LogP contribution in [0.25, 0.3) is 10.8 Å². The Morgan fingerprint density at radius 2 is 2.00 bits per heavy atom. The lowest BCUT2D eigenvalue weighted by molar-refractivity contribution is -0.141. The van der Waals surface area contributed by atoms with Crippen LogP contribution in [-0.2, 0) is 24.4 Å². The molecule has 0 bridgehead atoms. The zero-order valence-corrected chi connectivity index (χ0v) is 30.6. The van der Waals surface area contributed by atoms with Crippen molar-refractivity contribution in [1.29, 1.82) is 5.26 Å². The molecule has 15 heteroatoms. The lowest BCUT2D eigenvalue weighted by Gasteiger charge is -2.36. The molecule has 52 heavy (non-hydrogen) atoms. The first-order valence-electron chi connectivity index (χ1n) is 17.5. The van der Waals surface area contributed by atoms with Gasteiger partial charge in [-0.25, -0.2) is 13.4 Å². The van der Waals surface area contributed by atoms with E-state index in [0.717, 1.165) is 0 Å². The topological polar surface area (TPSA) is 180 Å². The van der Waals surface area contributed by atoms with E-state index >= 15 is 0 Å². The number of benzene rings is 2. The second-order valence-electron chi connectivity index (χ2n) is 14.2. The molecule has 3 fully saturated rings. The molecule has 3 N–H and O–H groups in total. The Morgan fingerprint density at radius 3 is 2.65 bits per heavy atom. The Bertz CT molecular complexity index is 2120. The molecule has 2 aromatic carbocycles. The van der Waals surface area contributed by atoms with Gasteiger partial charge in [0.15, 0.2) is 0 Å². The number of carbonyl (C=O) groups excluding carboxylic acids is 3. The van der Waals surface area contributed by atoms with Gasteiger partial charge >= 0.3 is 0 Å². The Morgan fingerprint density at radius 1 is 1.23 bits per heavy atom. The van der Waals surface area contributed by atoms with Crippen molar-refractivity contribution < 1.29 is 33.6 Å². The highest BCUT2D eigenvalue weighted by Crippen LogP contribution is 2.46. The van der Waals surface area contributed by atoms with Crippen LogP contribution in [-0.4, -0.2) is 78.7 Å². The number of halogens is 1. The summed E-state index contributed by atoms with van der Waals surface area (Å²) < 4.78 is 47.8. The van der Waals surface area contributed by atoms with Crippen molar-refractivity contribution in [3.8, 4) is 17.7 Å². The van der Waals surface area contributed by atoms with Gasteiger partial charge in [-0.05, 0) is 61.1 Å². The number of nitriles is 1. The van der Waals surface area contributed by atoms with Gasteiger partial charge in [0, 0.05) is 35.2 Å². The van der Waals surface area contributed by atoms with E-state index < -0.39 is 68.1 Å². The Labute approximate surface area is 309 Å². The maximum absolute atomic E-state index is 14.7. The number of pyridine rings is 1. The van der Waals surface area contributed by atoms with Crippen molar-refractivity contribution in [2.75, 3.05) is 19.0 Å². The number of ether oxygens (including phenoxy) is 2. The lowest BCUT2D eigenvalue weighted by Crippen LogP contribution is -2.58. The second-order valence-corrected chi connectivity index (χ2v) is 16.6. The quantitative estimate of drug-likeness (QED) is 0.226. The Balaban J connectivity index is 1.34. The van der Waals surface area contributed by atoms with Crippen LogP contribution in [0.5, 0.6) is 11.6 Å². The number of nitrogens with zero attached hydrogens (tertiary/aromatic N) is 3. The van der Waals surface area contributed by atoms with Crippen LogP contribution in [0.3, 0.4) is 0 Å². The maximum atomic E-state index is 14.7. The summed E-state index contributed by atoms with van der Waals surface area (Å²) in [7, 11) is -2.40. The fourth-order valence-electron chi connectivity index (χ4n) is 6.58. The molecular weight excluding hydrogens is 708 g/mol. The Kier molecular flexibility index (Phi) is 9.52. The summed E-state index contributed by atoms with van der Waals surface area (Å²) in [6.45, 7) is 7.03. The number of aromatic nitrogens is 1. The van der Waals surface area contributed by atoms with Gasteiger partial charge in [-0.3, -0.25) is 19.1 Å². The van der Waals surface area contributed by atoms with Crippen LogP contribution in [0.2, 0.25) is 5.02 Å². The number of carbonyl (C=O) groups is 3. The minimum atomic E-state index is -3.92. The van der Waals surface area contributed by atoms with Crippen LogP contribution < -0.4 is 24.8 Å². The molecule has 0 radical (unpaired) electrons. The predicted octanol–water partition coefficient (Wildman–Crippen LogP) is 4.31. The third-order valence-corrected chi connectivity index (χ3v) is 11.8. The van der Waals surface area contributed by atoms with E-state index in [1.165, 1.54) is 24.3 Å². The van der Waals surface area contributed by atoms with E-state index in [9.17, 15) is 28.1 Å². The molecule has 2 heterocycles. The number of fused-ring (bicyclic) bond motifs is 1. The van der Waals surface area contributed by atoms with Crippen molar-refractivity contribution in [2.24, 2.45) is 11.3 Å². The summed E-state index contributed by atoms with van der Waals surface area (Å²) >= 11 is 6.34. The average Bonchev–Trinajstić information content (AvgIpc) is 4.07. The molecule has 0 unspecified atom stereocenters. The minimum Gasteiger partial charge on any atom is -0.494 e. The smallest absolute Gasteiger partial charge is 0.259 e. The van der Waals surface area contributed by atoms with Crippen molar-refractivity contribution >= 4 is 55.8 Å². The molecule has 0 spiro atoms. The zero-order valence-electron chi connectivity index (χ0n) is 30.0. The number of hydrogen-bond donors (Lipinski definition) is 3. The van der Waals surface area contributed by atoms with Crippen LogP contribution in [0.1, 0.15) is 53.4 Å². The lowest BCUT2D eigenvalue weighted by atomic mass is 9.85.